The highest BCUT2D eigenvalue weighted by Crippen LogP contribution is 2.30. The van der Waals surface area contributed by atoms with Crippen molar-refractivity contribution in [3.63, 3.8) is 0 Å². The van der Waals surface area contributed by atoms with E-state index in [9.17, 15) is 9.59 Å². The molecule has 2 aromatic rings. The normalized spacial score (nSPS) is 15.7. The molecule has 124 valence electrons. The quantitative estimate of drug-likeness (QED) is 0.854. The van der Waals surface area contributed by atoms with E-state index in [1.54, 1.807) is 43.3 Å². The molecule has 0 bridgehead atoms. The number of benzene rings is 2. The molecule has 1 heterocycles. The lowest BCUT2D eigenvalue weighted by molar-refractivity contribution is -0.145. The summed E-state index contributed by atoms with van der Waals surface area (Å²) in [4.78, 5) is 23.5. The summed E-state index contributed by atoms with van der Waals surface area (Å²) in [7, 11) is 0. The molecular formula is C18H17NO5. The second-order valence-electron chi connectivity index (χ2n) is 5.13. The summed E-state index contributed by atoms with van der Waals surface area (Å²) >= 11 is 0. The third kappa shape index (κ3) is 3.48. The second-order valence-corrected chi connectivity index (χ2v) is 5.13. The Balaban J connectivity index is 1.73. The molecule has 6 nitrogen and oxygen atoms in total. The second kappa shape index (κ2) is 7.04. The molecular weight excluding hydrogens is 310 g/mol. The number of carbonyl (C=O) groups excluding carboxylic acids is 2. The molecule has 0 aliphatic carbocycles. The van der Waals surface area contributed by atoms with Crippen LogP contribution in [0.2, 0.25) is 0 Å². The Bertz CT molecular complexity index is 759. The first kappa shape index (κ1) is 15.9. The van der Waals surface area contributed by atoms with Crippen molar-refractivity contribution < 1.29 is 23.8 Å². The van der Waals surface area contributed by atoms with Crippen LogP contribution in [0.3, 0.4) is 0 Å². The van der Waals surface area contributed by atoms with Gasteiger partial charge in [0, 0.05) is 5.56 Å². The summed E-state index contributed by atoms with van der Waals surface area (Å²) in [6.07, 6.45) is -0.612. The van der Waals surface area contributed by atoms with Gasteiger partial charge in [-0.15, -0.1) is 0 Å². The van der Waals surface area contributed by atoms with Gasteiger partial charge >= 0.3 is 5.97 Å². The molecule has 1 N–H and O–H groups in total. The molecule has 0 aromatic heterocycles. The van der Waals surface area contributed by atoms with Crippen molar-refractivity contribution in [3.05, 3.63) is 59.7 Å². The number of ether oxygens (including phenoxy) is 3. The van der Waals surface area contributed by atoms with Gasteiger partial charge in [0.2, 0.25) is 0 Å². The van der Waals surface area contributed by atoms with Gasteiger partial charge in [0.15, 0.2) is 12.8 Å². The first-order valence-corrected chi connectivity index (χ1v) is 7.62. The lowest BCUT2D eigenvalue weighted by Crippen LogP contribution is -2.36. The van der Waals surface area contributed by atoms with Crippen molar-refractivity contribution >= 4 is 11.9 Å². The van der Waals surface area contributed by atoms with E-state index < -0.39 is 12.2 Å². The van der Waals surface area contributed by atoms with Gasteiger partial charge in [-0.3, -0.25) is 4.79 Å². The minimum absolute atomic E-state index is 0.169. The Kier molecular flexibility index (Phi) is 4.65. The summed E-state index contributed by atoms with van der Waals surface area (Å²) in [5.74, 6) is 0.403. The number of rotatable bonds is 5. The number of amides is 1. The summed E-state index contributed by atoms with van der Waals surface area (Å²) < 4.78 is 16.1. The van der Waals surface area contributed by atoms with Crippen LogP contribution in [0.15, 0.2) is 48.5 Å². The van der Waals surface area contributed by atoms with E-state index in [1.807, 2.05) is 12.1 Å². The fraction of sp³-hybridized carbons (Fsp3) is 0.222. The molecule has 2 aromatic carbocycles. The lowest BCUT2D eigenvalue weighted by atomic mass is 10.1. The first-order valence-electron chi connectivity index (χ1n) is 7.62. The molecule has 1 unspecified atom stereocenters. The number of nitrogens with one attached hydrogen (secondary N) is 1. The molecule has 0 fully saturated rings. The molecule has 0 spiro atoms. The molecule has 1 aliphatic heterocycles. The SMILES string of the molecule is CCOC(=O)COc1cccc(C2NC(=O)c3ccccc3O2)c1. The standard InChI is InChI=1S/C18H17NO5/c1-2-22-16(20)11-23-13-7-5-6-12(10-13)18-19-17(21)14-8-3-4-9-15(14)24-18/h3-10,18H,2,11H2,1H3,(H,19,21). The smallest absolute Gasteiger partial charge is 0.344 e. The fourth-order valence-corrected chi connectivity index (χ4v) is 2.37. The first-order chi connectivity index (χ1) is 11.7. The Labute approximate surface area is 139 Å². The number of hydrogen-bond acceptors (Lipinski definition) is 5. The monoisotopic (exact) mass is 327 g/mol. The van der Waals surface area contributed by atoms with Crippen LogP contribution in [0.5, 0.6) is 11.5 Å². The molecule has 6 heteroatoms. The van der Waals surface area contributed by atoms with Gasteiger partial charge in [0.25, 0.3) is 5.91 Å². The van der Waals surface area contributed by atoms with Crippen LogP contribution in [0.25, 0.3) is 0 Å². The Morgan fingerprint density at radius 2 is 2.04 bits per heavy atom. The van der Waals surface area contributed by atoms with Gasteiger partial charge in [-0.2, -0.15) is 0 Å². The minimum atomic E-state index is -0.612. The molecule has 3 rings (SSSR count). The van der Waals surface area contributed by atoms with E-state index in [4.69, 9.17) is 14.2 Å². The predicted molar refractivity (Wildman–Crippen MR) is 85.8 cm³/mol. The highest BCUT2D eigenvalue weighted by atomic mass is 16.6. The number of esters is 1. The summed E-state index contributed by atoms with van der Waals surface area (Å²) in [6.45, 7) is 1.88. The highest BCUT2D eigenvalue weighted by molar-refractivity contribution is 5.97. The zero-order chi connectivity index (χ0) is 16.9. The summed E-state index contributed by atoms with van der Waals surface area (Å²) in [5, 5.41) is 2.79. The third-order valence-electron chi connectivity index (χ3n) is 3.46. The molecule has 0 radical (unpaired) electrons. The van der Waals surface area contributed by atoms with Crippen LogP contribution in [-0.2, 0) is 9.53 Å². The van der Waals surface area contributed by atoms with Crippen molar-refractivity contribution in [2.75, 3.05) is 13.2 Å². The topological polar surface area (TPSA) is 73.9 Å². The van der Waals surface area contributed by atoms with Crippen molar-refractivity contribution in [1.82, 2.24) is 5.32 Å². The van der Waals surface area contributed by atoms with E-state index in [2.05, 4.69) is 5.32 Å². The lowest BCUT2D eigenvalue weighted by Gasteiger charge is -2.27. The van der Waals surface area contributed by atoms with E-state index in [0.29, 0.717) is 23.7 Å². The van der Waals surface area contributed by atoms with Gasteiger partial charge in [-0.05, 0) is 31.2 Å². The van der Waals surface area contributed by atoms with Gasteiger partial charge in [0.1, 0.15) is 11.5 Å². The van der Waals surface area contributed by atoms with Crippen molar-refractivity contribution in [2.45, 2.75) is 13.2 Å². The van der Waals surface area contributed by atoms with Crippen molar-refractivity contribution in [2.24, 2.45) is 0 Å². The fourth-order valence-electron chi connectivity index (χ4n) is 2.37. The van der Waals surface area contributed by atoms with Gasteiger partial charge in [-0.25, -0.2) is 4.79 Å². The Morgan fingerprint density at radius 3 is 2.88 bits per heavy atom. The van der Waals surface area contributed by atoms with Gasteiger partial charge < -0.3 is 19.5 Å². The van der Waals surface area contributed by atoms with Crippen LogP contribution in [0.1, 0.15) is 29.1 Å². The summed E-state index contributed by atoms with van der Waals surface area (Å²) in [6, 6.07) is 14.1. The van der Waals surface area contributed by atoms with E-state index in [-0.39, 0.29) is 12.5 Å². The zero-order valence-electron chi connectivity index (χ0n) is 13.2. The van der Waals surface area contributed by atoms with Crippen LogP contribution < -0.4 is 14.8 Å². The van der Waals surface area contributed by atoms with Gasteiger partial charge in [-0.1, -0.05) is 24.3 Å². The Hall–Kier alpha value is -3.02. The number of hydrogen-bond donors (Lipinski definition) is 1. The Morgan fingerprint density at radius 1 is 1.21 bits per heavy atom. The van der Waals surface area contributed by atoms with Crippen LogP contribution in [0.4, 0.5) is 0 Å². The number of para-hydroxylation sites is 1. The molecule has 0 saturated carbocycles. The molecule has 1 aliphatic rings. The van der Waals surface area contributed by atoms with Crippen LogP contribution >= 0.6 is 0 Å². The van der Waals surface area contributed by atoms with E-state index >= 15 is 0 Å². The number of fused-ring (bicyclic) bond motifs is 1. The van der Waals surface area contributed by atoms with Crippen LogP contribution in [-0.4, -0.2) is 25.1 Å². The van der Waals surface area contributed by atoms with Gasteiger partial charge in [0.05, 0.1) is 12.2 Å². The highest BCUT2D eigenvalue weighted by Gasteiger charge is 2.26. The average Bonchev–Trinajstić information content (AvgIpc) is 2.60. The molecule has 24 heavy (non-hydrogen) atoms. The van der Waals surface area contributed by atoms with Crippen molar-refractivity contribution in [3.8, 4) is 11.5 Å². The largest absolute Gasteiger partial charge is 0.482 e. The summed E-state index contributed by atoms with van der Waals surface area (Å²) in [5.41, 5.74) is 1.22. The number of carbonyl (C=O) groups is 2. The molecule has 1 amide bonds. The maximum absolute atomic E-state index is 12.2. The molecule has 1 atom stereocenters. The maximum atomic E-state index is 12.2. The van der Waals surface area contributed by atoms with Crippen LogP contribution in [0, 0.1) is 0 Å². The predicted octanol–water partition coefficient (Wildman–Crippen LogP) is 2.45. The third-order valence-corrected chi connectivity index (χ3v) is 3.46. The van der Waals surface area contributed by atoms with E-state index in [0.717, 1.165) is 5.56 Å². The van der Waals surface area contributed by atoms with E-state index in [1.165, 1.54) is 0 Å². The van der Waals surface area contributed by atoms with Crippen molar-refractivity contribution in [1.29, 1.82) is 0 Å². The maximum Gasteiger partial charge on any atom is 0.344 e. The average molecular weight is 327 g/mol. The molecule has 0 saturated heterocycles. The zero-order valence-corrected chi connectivity index (χ0v) is 13.2. The minimum Gasteiger partial charge on any atom is -0.482 e.